The number of hydrogen-bond acceptors (Lipinski definition) is 6. The fourth-order valence-corrected chi connectivity index (χ4v) is 4.41. The van der Waals surface area contributed by atoms with Crippen LogP contribution in [0.1, 0.15) is 36.0 Å². The first-order valence-electron chi connectivity index (χ1n) is 8.00. The lowest BCUT2D eigenvalue weighted by atomic mass is 9.95. The Morgan fingerprint density at radius 1 is 1.08 bits per heavy atom. The van der Waals surface area contributed by atoms with Crippen LogP contribution in [0.5, 0.6) is 0 Å². The van der Waals surface area contributed by atoms with E-state index in [1.165, 1.54) is 11.8 Å². The van der Waals surface area contributed by atoms with Gasteiger partial charge in [0.15, 0.2) is 5.16 Å². The van der Waals surface area contributed by atoms with Gasteiger partial charge in [0, 0.05) is 29.9 Å². The maximum Gasteiger partial charge on any atom is 0.254 e. The molecule has 0 aromatic carbocycles. The third-order valence-electron chi connectivity index (χ3n) is 4.03. The van der Waals surface area contributed by atoms with Crippen LogP contribution in [0.25, 0.3) is 0 Å². The topological polar surface area (TPSA) is 67.8 Å². The van der Waals surface area contributed by atoms with E-state index in [9.17, 15) is 4.79 Å². The number of carbonyl (C=O) groups excluding carboxylic acids is 1. The van der Waals surface area contributed by atoms with Gasteiger partial charge in [-0.3, -0.25) is 4.79 Å². The molecule has 1 saturated carbocycles. The Morgan fingerprint density at radius 3 is 2.50 bits per heavy atom. The van der Waals surface area contributed by atoms with E-state index in [4.69, 9.17) is 0 Å². The molecule has 1 fully saturated rings. The summed E-state index contributed by atoms with van der Waals surface area (Å²) < 4.78 is 0. The van der Waals surface area contributed by atoms with Crippen LogP contribution in [-0.2, 0) is 0 Å². The Kier molecular flexibility index (Phi) is 6.09. The molecule has 7 heteroatoms. The number of aromatic nitrogens is 3. The number of hydrogen-bond donors (Lipinski definition) is 1. The average molecular weight is 361 g/mol. The molecule has 2 aromatic rings. The number of thioether (sulfide) groups is 2. The monoisotopic (exact) mass is 360 g/mol. The van der Waals surface area contributed by atoms with Gasteiger partial charge in [-0.2, -0.15) is 0 Å². The van der Waals surface area contributed by atoms with Crippen LogP contribution in [0.3, 0.4) is 0 Å². The standard InChI is InChI=1S/C17H20N4OS2/c1-23-16-14(4-2-9-18-16)15(22)21-12-5-7-13(8-6-12)24-17-19-10-3-11-20-17/h2-4,9-13H,5-8H2,1H3,(H,21,22). The summed E-state index contributed by atoms with van der Waals surface area (Å²) in [6.45, 7) is 0. The van der Waals surface area contributed by atoms with E-state index in [-0.39, 0.29) is 11.9 Å². The van der Waals surface area contributed by atoms with Gasteiger partial charge in [-0.25, -0.2) is 15.0 Å². The molecule has 1 amide bonds. The van der Waals surface area contributed by atoms with Gasteiger partial charge in [-0.15, -0.1) is 11.8 Å². The molecule has 0 saturated heterocycles. The first-order chi connectivity index (χ1) is 11.8. The van der Waals surface area contributed by atoms with Crippen molar-refractivity contribution >= 4 is 29.4 Å². The third-order valence-corrected chi connectivity index (χ3v) is 5.97. The molecule has 5 nitrogen and oxygen atoms in total. The average Bonchev–Trinajstić information content (AvgIpc) is 2.64. The lowest BCUT2D eigenvalue weighted by Gasteiger charge is -2.28. The number of nitrogens with zero attached hydrogens (tertiary/aromatic N) is 3. The molecule has 2 heterocycles. The van der Waals surface area contributed by atoms with Crippen molar-refractivity contribution in [3.63, 3.8) is 0 Å². The number of carbonyl (C=O) groups is 1. The molecular formula is C17H20N4OS2. The normalized spacial score (nSPS) is 20.5. The number of rotatable bonds is 5. The maximum atomic E-state index is 12.5. The quantitative estimate of drug-likeness (QED) is 0.651. The molecule has 1 aliphatic rings. The maximum absolute atomic E-state index is 12.5. The minimum absolute atomic E-state index is 0.0186. The minimum Gasteiger partial charge on any atom is -0.349 e. The van der Waals surface area contributed by atoms with E-state index in [0.717, 1.165) is 35.9 Å². The highest BCUT2D eigenvalue weighted by molar-refractivity contribution is 7.99. The highest BCUT2D eigenvalue weighted by Gasteiger charge is 2.24. The largest absolute Gasteiger partial charge is 0.349 e. The molecule has 126 valence electrons. The second-order valence-electron chi connectivity index (χ2n) is 5.66. The second-order valence-corrected chi connectivity index (χ2v) is 7.72. The molecule has 0 aliphatic heterocycles. The molecular weight excluding hydrogens is 340 g/mol. The van der Waals surface area contributed by atoms with Gasteiger partial charge in [0.1, 0.15) is 5.03 Å². The van der Waals surface area contributed by atoms with E-state index in [2.05, 4.69) is 20.3 Å². The molecule has 24 heavy (non-hydrogen) atoms. The third kappa shape index (κ3) is 4.48. The van der Waals surface area contributed by atoms with Crippen LogP contribution in [0.2, 0.25) is 0 Å². The zero-order valence-corrected chi connectivity index (χ0v) is 15.1. The second kappa shape index (κ2) is 8.48. The molecule has 3 rings (SSSR count). The number of amides is 1. The van der Waals surface area contributed by atoms with Crippen LogP contribution in [-0.4, -0.2) is 38.4 Å². The Balaban J connectivity index is 1.51. The first-order valence-corrected chi connectivity index (χ1v) is 10.1. The van der Waals surface area contributed by atoms with Crippen LogP contribution in [0.15, 0.2) is 47.0 Å². The predicted molar refractivity (Wildman–Crippen MR) is 97.4 cm³/mol. The van der Waals surface area contributed by atoms with Crippen molar-refractivity contribution in [3.8, 4) is 0 Å². The highest BCUT2D eigenvalue weighted by Crippen LogP contribution is 2.32. The summed E-state index contributed by atoms with van der Waals surface area (Å²) in [6, 6.07) is 5.71. The van der Waals surface area contributed by atoms with Crippen LogP contribution < -0.4 is 5.32 Å². The highest BCUT2D eigenvalue weighted by atomic mass is 32.2. The van der Waals surface area contributed by atoms with E-state index in [1.807, 2.05) is 24.5 Å². The van der Waals surface area contributed by atoms with E-state index in [1.54, 1.807) is 30.4 Å². The first kappa shape index (κ1) is 17.2. The van der Waals surface area contributed by atoms with Crippen LogP contribution in [0.4, 0.5) is 0 Å². The summed E-state index contributed by atoms with van der Waals surface area (Å²) in [5.74, 6) is -0.0186. The molecule has 1 aliphatic carbocycles. The van der Waals surface area contributed by atoms with Crippen molar-refractivity contribution in [1.29, 1.82) is 0 Å². The summed E-state index contributed by atoms with van der Waals surface area (Å²) in [5.41, 5.74) is 0.666. The smallest absolute Gasteiger partial charge is 0.254 e. The van der Waals surface area contributed by atoms with Crippen molar-refractivity contribution in [1.82, 2.24) is 20.3 Å². The fourth-order valence-electron chi connectivity index (χ4n) is 2.81. The van der Waals surface area contributed by atoms with Crippen molar-refractivity contribution in [2.45, 2.75) is 47.2 Å². The van der Waals surface area contributed by atoms with Crippen molar-refractivity contribution in [2.24, 2.45) is 0 Å². The fraction of sp³-hybridized carbons (Fsp3) is 0.412. The summed E-state index contributed by atoms with van der Waals surface area (Å²) in [5, 5.41) is 5.31. The number of pyridine rings is 1. The zero-order chi connectivity index (χ0) is 16.8. The van der Waals surface area contributed by atoms with E-state index in [0.29, 0.717) is 10.8 Å². The van der Waals surface area contributed by atoms with E-state index < -0.39 is 0 Å². The SMILES string of the molecule is CSc1ncccc1C(=O)NC1CCC(Sc2ncccn2)CC1. The summed E-state index contributed by atoms with van der Waals surface area (Å²) in [7, 11) is 0. The predicted octanol–water partition coefficient (Wildman–Crippen LogP) is 3.43. The lowest BCUT2D eigenvalue weighted by molar-refractivity contribution is 0.0924. The Bertz CT molecular complexity index is 675. The molecule has 0 bridgehead atoms. The zero-order valence-electron chi connectivity index (χ0n) is 13.5. The Labute approximate surface area is 150 Å². The van der Waals surface area contributed by atoms with Gasteiger partial charge in [0.05, 0.1) is 5.56 Å². The molecule has 0 unspecified atom stereocenters. The van der Waals surface area contributed by atoms with Crippen molar-refractivity contribution in [3.05, 3.63) is 42.4 Å². The summed E-state index contributed by atoms with van der Waals surface area (Å²) in [6.07, 6.45) is 11.3. The Morgan fingerprint density at radius 2 is 1.79 bits per heavy atom. The minimum atomic E-state index is -0.0186. The van der Waals surface area contributed by atoms with Gasteiger partial charge < -0.3 is 5.32 Å². The molecule has 0 atom stereocenters. The lowest BCUT2D eigenvalue weighted by Crippen LogP contribution is -2.38. The van der Waals surface area contributed by atoms with Gasteiger partial charge in [-0.05, 0) is 50.1 Å². The van der Waals surface area contributed by atoms with Crippen molar-refractivity contribution in [2.75, 3.05) is 6.26 Å². The van der Waals surface area contributed by atoms with Gasteiger partial charge in [0.2, 0.25) is 0 Å². The number of nitrogens with one attached hydrogen (secondary N) is 1. The summed E-state index contributed by atoms with van der Waals surface area (Å²) >= 11 is 3.24. The van der Waals surface area contributed by atoms with E-state index >= 15 is 0 Å². The molecule has 1 N–H and O–H groups in total. The van der Waals surface area contributed by atoms with Crippen LogP contribution >= 0.6 is 23.5 Å². The summed E-state index contributed by atoms with van der Waals surface area (Å²) in [4.78, 5) is 25.3. The molecule has 2 aromatic heterocycles. The van der Waals surface area contributed by atoms with Gasteiger partial charge in [0.25, 0.3) is 5.91 Å². The van der Waals surface area contributed by atoms with Gasteiger partial charge in [-0.1, -0.05) is 11.8 Å². The van der Waals surface area contributed by atoms with Crippen molar-refractivity contribution < 1.29 is 4.79 Å². The molecule has 0 radical (unpaired) electrons. The van der Waals surface area contributed by atoms with Gasteiger partial charge >= 0.3 is 0 Å². The Hall–Kier alpha value is -1.60. The van der Waals surface area contributed by atoms with Crippen LogP contribution in [0, 0.1) is 0 Å². The molecule has 0 spiro atoms.